The Hall–Kier alpha value is -4.60. The number of amides is 2. The summed E-state index contributed by atoms with van der Waals surface area (Å²) in [6.45, 7) is 3.74. The van der Waals surface area contributed by atoms with Crippen molar-refractivity contribution in [3.8, 4) is 23.0 Å². The second-order valence-electron chi connectivity index (χ2n) is 8.21. The van der Waals surface area contributed by atoms with Gasteiger partial charge in [0.15, 0.2) is 12.4 Å². The van der Waals surface area contributed by atoms with E-state index < -0.39 is 11.9 Å². The van der Waals surface area contributed by atoms with Crippen molar-refractivity contribution in [3.05, 3.63) is 78.6 Å². The molecule has 0 saturated carbocycles. The fraction of sp³-hybridized carbons (Fsp3) is 0.231. The van der Waals surface area contributed by atoms with Gasteiger partial charge in [-0.05, 0) is 54.4 Å². The molecule has 0 aliphatic rings. The molecule has 36 heavy (non-hydrogen) atoms. The summed E-state index contributed by atoms with van der Waals surface area (Å²) < 4.78 is 21.7. The summed E-state index contributed by atoms with van der Waals surface area (Å²) in [5, 5.41) is 13.6. The molecule has 2 N–H and O–H groups in total. The minimum atomic E-state index is -0.762. The average Bonchev–Trinajstić information content (AvgIpc) is 3.59. The Morgan fingerprint density at radius 1 is 1.00 bits per heavy atom. The van der Waals surface area contributed by atoms with Gasteiger partial charge in [-0.2, -0.15) is 0 Å². The van der Waals surface area contributed by atoms with E-state index in [1.54, 1.807) is 37.4 Å². The number of benzene rings is 2. The van der Waals surface area contributed by atoms with E-state index in [1.807, 2.05) is 38.1 Å². The molecule has 0 saturated heterocycles. The number of carbonyl (C=O) groups is 2. The van der Waals surface area contributed by atoms with Gasteiger partial charge in [-0.15, -0.1) is 10.2 Å². The topological polar surface area (TPSA) is 129 Å². The zero-order valence-corrected chi connectivity index (χ0v) is 20.1. The van der Waals surface area contributed by atoms with Gasteiger partial charge >= 0.3 is 0 Å². The molecule has 10 heteroatoms. The van der Waals surface area contributed by atoms with Crippen LogP contribution >= 0.6 is 0 Å². The number of methoxy groups -OCH3 is 1. The number of hydrogen-bond donors (Lipinski definition) is 2. The quantitative estimate of drug-likeness (QED) is 0.336. The Bertz CT molecular complexity index is 1300. The highest BCUT2D eigenvalue weighted by molar-refractivity contribution is 6.00. The summed E-state index contributed by atoms with van der Waals surface area (Å²) in [4.78, 5) is 25.2. The van der Waals surface area contributed by atoms with Crippen LogP contribution in [0.2, 0.25) is 0 Å². The predicted molar refractivity (Wildman–Crippen MR) is 130 cm³/mol. The number of anilines is 1. The van der Waals surface area contributed by atoms with Crippen LogP contribution < -0.4 is 20.1 Å². The number of ether oxygens (including phenoxy) is 2. The van der Waals surface area contributed by atoms with Gasteiger partial charge in [0.2, 0.25) is 11.8 Å². The first-order valence-electron chi connectivity index (χ1n) is 11.3. The van der Waals surface area contributed by atoms with Gasteiger partial charge in [-0.1, -0.05) is 19.9 Å². The van der Waals surface area contributed by atoms with Crippen molar-refractivity contribution in [1.82, 2.24) is 15.5 Å². The monoisotopic (exact) mass is 490 g/mol. The number of furan rings is 1. The Morgan fingerprint density at radius 3 is 2.50 bits per heavy atom. The minimum Gasteiger partial charge on any atom is -0.497 e. The second-order valence-corrected chi connectivity index (χ2v) is 8.21. The second kappa shape index (κ2) is 11.2. The van der Waals surface area contributed by atoms with Crippen molar-refractivity contribution in [1.29, 1.82) is 0 Å². The minimum absolute atomic E-state index is 0.0500. The van der Waals surface area contributed by atoms with E-state index in [4.69, 9.17) is 18.3 Å². The largest absolute Gasteiger partial charge is 0.497 e. The molecule has 4 aromatic rings. The third kappa shape index (κ3) is 6.09. The SMILES string of the molecule is COc1ccc(-c2nnc(COc3cccc(NC(=O)C(NC(=O)c4ccco4)C(C)C)c3)o2)cc1. The van der Waals surface area contributed by atoms with Crippen LogP contribution in [-0.4, -0.2) is 35.2 Å². The molecule has 2 aromatic carbocycles. The molecular formula is C26H26N4O6. The Labute approximate surface area is 207 Å². The van der Waals surface area contributed by atoms with Crippen molar-refractivity contribution in [3.63, 3.8) is 0 Å². The van der Waals surface area contributed by atoms with Crippen molar-refractivity contribution < 1.29 is 27.9 Å². The van der Waals surface area contributed by atoms with Gasteiger partial charge in [0.25, 0.3) is 11.8 Å². The molecule has 10 nitrogen and oxygen atoms in total. The molecule has 1 atom stereocenters. The van der Waals surface area contributed by atoms with Crippen LogP contribution in [0, 0.1) is 5.92 Å². The van der Waals surface area contributed by atoms with Crippen LogP contribution in [0.25, 0.3) is 11.5 Å². The molecule has 2 heterocycles. The standard InChI is InChI=1S/C26H26N4O6/c1-16(2)23(28-24(31)21-8-5-13-34-21)25(32)27-18-6-4-7-20(14-18)35-15-22-29-30-26(36-22)17-9-11-19(33-3)12-10-17/h4-14,16,23H,15H2,1-3H3,(H,27,32)(H,28,31). The summed E-state index contributed by atoms with van der Waals surface area (Å²) in [5.74, 6) is 1.07. The van der Waals surface area contributed by atoms with E-state index in [-0.39, 0.29) is 24.2 Å². The first-order chi connectivity index (χ1) is 17.4. The first-order valence-corrected chi connectivity index (χ1v) is 11.3. The summed E-state index contributed by atoms with van der Waals surface area (Å²) in [5.41, 5.74) is 1.28. The Balaban J connectivity index is 1.35. The smallest absolute Gasteiger partial charge is 0.287 e. The van der Waals surface area contributed by atoms with E-state index in [2.05, 4.69) is 20.8 Å². The van der Waals surface area contributed by atoms with E-state index in [1.165, 1.54) is 12.3 Å². The number of nitrogens with zero attached hydrogens (tertiary/aromatic N) is 2. The summed E-state index contributed by atoms with van der Waals surface area (Å²) in [6, 6.07) is 16.5. The number of carbonyl (C=O) groups excluding carboxylic acids is 2. The van der Waals surface area contributed by atoms with Gasteiger partial charge in [0, 0.05) is 17.3 Å². The molecule has 2 amide bonds. The van der Waals surface area contributed by atoms with Crippen molar-refractivity contribution >= 4 is 17.5 Å². The fourth-order valence-corrected chi connectivity index (χ4v) is 3.35. The summed E-state index contributed by atoms with van der Waals surface area (Å²) in [6.07, 6.45) is 1.40. The molecule has 0 radical (unpaired) electrons. The molecule has 0 bridgehead atoms. The fourth-order valence-electron chi connectivity index (χ4n) is 3.35. The maximum absolute atomic E-state index is 12.9. The predicted octanol–water partition coefficient (Wildman–Crippen LogP) is 4.31. The molecule has 4 rings (SSSR count). The van der Waals surface area contributed by atoms with Crippen LogP contribution in [0.4, 0.5) is 5.69 Å². The average molecular weight is 491 g/mol. The summed E-state index contributed by atoms with van der Waals surface area (Å²) >= 11 is 0. The lowest BCUT2D eigenvalue weighted by molar-refractivity contribution is -0.118. The molecule has 186 valence electrons. The van der Waals surface area contributed by atoms with E-state index in [0.29, 0.717) is 23.2 Å². The molecular weight excluding hydrogens is 464 g/mol. The van der Waals surface area contributed by atoms with Crippen molar-refractivity contribution in [2.45, 2.75) is 26.5 Å². The number of nitrogens with one attached hydrogen (secondary N) is 2. The van der Waals surface area contributed by atoms with Crippen LogP contribution in [0.15, 0.2) is 75.8 Å². The first kappa shape index (κ1) is 24.5. The van der Waals surface area contributed by atoms with Crippen LogP contribution in [0.1, 0.15) is 30.3 Å². The molecule has 2 aromatic heterocycles. The van der Waals surface area contributed by atoms with Gasteiger partial charge in [-0.3, -0.25) is 9.59 Å². The Morgan fingerprint density at radius 2 is 1.81 bits per heavy atom. The van der Waals surface area contributed by atoms with Gasteiger partial charge in [0.1, 0.15) is 17.5 Å². The lowest BCUT2D eigenvalue weighted by Crippen LogP contribution is -2.47. The molecule has 1 unspecified atom stereocenters. The lowest BCUT2D eigenvalue weighted by Gasteiger charge is -2.21. The van der Waals surface area contributed by atoms with Crippen LogP contribution in [0.5, 0.6) is 11.5 Å². The van der Waals surface area contributed by atoms with Crippen molar-refractivity contribution in [2.24, 2.45) is 5.92 Å². The molecule has 0 aliphatic heterocycles. The molecule has 0 aliphatic carbocycles. The third-order valence-corrected chi connectivity index (χ3v) is 5.25. The highest BCUT2D eigenvalue weighted by Gasteiger charge is 2.25. The van der Waals surface area contributed by atoms with Gasteiger partial charge < -0.3 is 28.9 Å². The number of aromatic nitrogens is 2. The van der Waals surface area contributed by atoms with Crippen LogP contribution in [-0.2, 0) is 11.4 Å². The van der Waals surface area contributed by atoms with Crippen LogP contribution in [0.3, 0.4) is 0 Å². The zero-order valence-electron chi connectivity index (χ0n) is 20.1. The highest BCUT2D eigenvalue weighted by atomic mass is 16.5. The maximum Gasteiger partial charge on any atom is 0.287 e. The summed E-state index contributed by atoms with van der Waals surface area (Å²) in [7, 11) is 1.60. The van der Waals surface area contributed by atoms with E-state index in [9.17, 15) is 9.59 Å². The Kier molecular flexibility index (Phi) is 7.64. The van der Waals surface area contributed by atoms with Crippen molar-refractivity contribution in [2.75, 3.05) is 12.4 Å². The third-order valence-electron chi connectivity index (χ3n) is 5.25. The number of hydrogen-bond acceptors (Lipinski definition) is 8. The zero-order chi connectivity index (χ0) is 25.5. The maximum atomic E-state index is 12.9. The molecule has 0 fully saturated rings. The molecule has 0 spiro atoms. The normalized spacial score (nSPS) is 11.7. The number of rotatable bonds is 10. The van der Waals surface area contributed by atoms with E-state index >= 15 is 0 Å². The lowest BCUT2D eigenvalue weighted by atomic mass is 10.0. The van der Waals surface area contributed by atoms with Gasteiger partial charge in [-0.25, -0.2) is 0 Å². The van der Waals surface area contributed by atoms with E-state index in [0.717, 1.165) is 11.3 Å². The highest BCUT2D eigenvalue weighted by Crippen LogP contribution is 2.23. The van der Waals surface area contributed by atoms with Gasteiger partial charge in [0.05, 0.1) is 13.4 Å².